The molecule has 130 valence electrons. The molecule has 0 aliphatic heterocycles. The summed E-state index contributed by atoms with van der Waals surface area (Å²) in [6, 6.07) is 0. The van der Waals surface area contributed by atoms with Crippen molar-refractivity contribution in [2.75, 3.05) is 6.54 Å². The van der Waals surface area contributed by atoms with Crippen LogP contribution >= 0.6 is 24.0 Å². The normalized spacial score (nSPS) is 11.4. The Hall–Kier alpha value is -0.290. The molecule has 0 saturated carbocycles. The standard InChI is InChI=1S/C17H33NO2S2/c1-4-5-6-7-8-9-10-11-12-13-14-18-16(21)22-17(2,3)15(19)20/h4-14H2,1-3H3,(H,18,21)(H,19,20). The lowest BCUT2D eigenvalue weighted by molar-refractivity contribution is -0.138. The smallest absolute Gasteiger partial charge is 0.319 e. The predicted molar refractivity (Wildman–Crippen MR) is 102 cm³/mol. The van der Waals surface area contributed by atoms with Crippen molar-refractivity contribution in [3.63, 3.8) is 0 Å². The van der Waals surface area contributed by atoms with Gasteiger partial charge in [-0.25, -0.2) is 0 Å². The molecule has 0 spiro atoms. The van der Waals surface area contributed by atoms with E-state index in [1.807, 2.05) is 0 Å². The van der Waals surface area contributed by atoms with E-state index in [-0.39, 0.29) is 0 Å². The largest absolute Gasteiger partial charge is 0.480 e. The van der Waals surface area contributed by atoms with Gasteiger partial charge in [0.25, 0.3) is 0 Å². The van der Waals surface area contributed by atoms with Gasteiger partial charge in [-0.05, 0) is 20.3 Å². The van der Waals surface area contributed by atoms with Crippen LogP contribution in [0.5, 0.6) is 0 Å². The average molecular weight is 348 g/mol. The number of hydrogen-bond acceptors (Lipinski definition) is 3. The van der Waals surface area contributed by atoms with Gasteiger partial charge >= 0.3 is 5.97 Å². The first kappa shape index (κ1) is 21.7. The zero-order valence-corrected chi connectivity index (χ0v) is 16.1. The monoisotopic (exact) mass is 347 g/mol. The Bertz CT molecular complexity index is 320. The van der Waals surface area contributed by atoms with Crippen molar-refractivity contribution in [2.24, 2.45) is 0 Å². The van der Waals surface area contributed by atoms with Gasteiger partial charge in [-0.2, -0.15) is 0 Å². The predicted octanol–water partition coefficient (Wildman–Crippen LogP) is 5.38. The summed E-state index contributed by atoms with van der Waals surface area (Å²) in [5, 5.41) is 12.2. The molecule has 0 saturated heterocycles. The Morgan fingerprint density at radius 2 is 1.45 bits per heavy atom. The Balaban J connectivity index is 3.39. The first-order valence-electron chi connectivity index (χ1n) is 8.60. The number of carboxylic acid groups (broad SMARTS) is 1. The quantitative estimate of drug-likeness (QED) is 0.346. The van der Waals surface area contributed by atoms with Crippen LogP contribution in [0.2, 0.25) is 0 Å². The first-order chi connectivity index (χ1) is 10.4. The molecule has 22 heavy (non-hydrogen) atoms. The van der Waals surface area contributed by atoms with Crippen molar-refractivity contribution >= 4 is 34.3 Å². The molecular formula is C17H33NO2S2. The van der Waals surface area contributed by atoms with Gasteiger partial charge < -0.3 is 10.4 Å². The third-order valence-corrected chi connectivity index (χ3v) is 5.07. The number of carboxylic acids is 1. The van der Waals surface area contributed by atoms with E-state index in [1.165, 1.54) is 69.5 Å². The van der Waals surface area contributed by atoms with Crippen molar-refractivity contribution in [1.82, 2.24) is 5.32 Å². The molecule has 0 aliphatic rings. The van der Waals surface area contributed by atoms with E-state index in [2.05, 4.69) is 12.2 Å². The van der Waals surface area contributed by atoms with Crippen LogP contribution in [0.4, 0.5) is 0 Å². The van der Waals surface area contributed by atoms with Gasteiger partial charge in [-0.1, -0.05) is 88.7 Å². The van der Waals surface area contributed by atoms with Gasteiger partial charge in [0, 0.05) is 6.54 Å². The second-order valence-corrected chi connectivity index (χ2v) is 8.61. The van der Waals surface area contributed by atoms with Gasteiger partial charge in [-0.15, -0.1) is 0 Å². The zero-order valence-electron chi connectivity index (χ0n) is 14.5. The van der Waals surface area contributed by atoms with Crippen LogP contribution in [-0.2, 0) is 4.79 Å². The number of thioether (sulfide) groups is 1. The van der Waals surface area contributed by atoms with Gasteiger partial charge in [-0.3, -0.25) is 4.79 Å². The fourth-order valence-electron chi connectivity index (χ4n) is 2.11. The molecule has 0 fully saturated rings. The molecule has 0 aromatic carbocycles. The molecule has 0 aliphatic carbocycles. The lowest BCUT2D eigenvalue weighted by atomic mass is 10.1. The van der Waals surface area contributed by atoms with E-state index in [9.17, 15) is 4.79 Å². The topological polar surface area (TPSA) is 49.3 Å². The zero-order chi connectivity index (χ0) is 16.8. The fraction of sp³-hybridized carbons (Fsp3) is 0.882. The summed E-state index contributed by atoms with van der Waals surface area (Å²) in [5.41, 5.74) is 0. The van der Waals surface area contributed by atoms with E-state index < -0.39 is 10.7 Å². The van der Waals surface area contributed by atoms with E-state index in [0.29, 0.717) is 4.32 Å². The van der Waals surface area contributed by atoms with E-state index in [1.54, 1.807) is 13.8 Å². The van der Waals surface area contributed by atoms with Crippen molar-refractivity contribution in [2.45, 2.75) is 89.7 Å². The molecule has 0 radical (unpaired) electrons. The Morgan fingerprint density at radius 3 is 1.91 bits per heavy atom. The Labute approximate surface area is 146 Å². The SMILES string of the molecule is CCCCCCCCCCCCNC(=S)SC(C)(C)C(=O)O. The lowest BCUT2D eigenvalue weighted by Gasteiger charge is -2.19. The fourth-order valence-corrected chi connectivity index (χ4v) is 3.57. The maximum Gasteiger partial charge on any atom is 0.319 e. The van der Waals surface area contributed by atoms with Crippen LogP contribution in [0.15, 0.2) is 0 Å². The second-order valence-electron chi connectivity index (χ2n) is 6.31. The van der Waals surface area contributed by atoms with Gasteiger partial charge in [0.2, 0.25) is 0 Å². The van der Waals surface area contributed by atoms with Crippen LogP contribution in [-0.4, -0.2) is 26.7 Å². The highest BCUT2D eigenvalue weighted by atomic mass is 32.2. The Morgan fingerprint density at radius 1 is 1.00 bits per heavy atom. The van der Waals surface area contributed by atoms with Crippen LogP contribution in [0.1, 0.15) is 85.0 Å². The first-order valence-corrected chi connectivity index (χ1v) is 9.83. The van der Waals surface area contributed by atoms with Crippen molar-refractivity contribution < 1.29 is 9.90 Å². The van der Waals surface area contributed by atoms with Gasteiger partial charge in [0.1, 0.15) is 9.07 Å². The summed E-state index contributed by atoms with van der Waals surface area (Å²) in [6.07, 6.45) is 13.2. The molecule has 3 nitrogen and oxygen atoms in total. The van der Waals surface area contributed by atoms with Crippen LogP contribution < -0.4 is 5.32 Å². The molecule has 0 heterocycles. The summed E-state index contributed by atoms with van der Waals surface area (Å²) in [7, 11) is 0. The van der Waals surface area contributed by atoms with Crippen molar-refractivity contribution in [1.29, 1.82) is 0 Å². The number of unbranched alkanes of at least 4 members (excludes halogenated alkanes) is 9. The minimum Gasteiger partial charge on any atom is -0.480 e. The number of aliphatic carboxylic acids is 1. The van der Waals surface area contributed by atoms with Gasteiger partial charge in [0.05, 0.1) is 0 Å². The number of rotatable bonds is 13. The minimum atomic E-state index is -0.859. The summed E-state index contributed by atoms with van der Waals surface area (Å²) >= 11 is 6.39. The third-order valence-electron chi connectivity index (χ3n) is 3.66. The molecule has 0 rings (SSSR count). The Kier molecular flexibility index (Phi) is 13.0. The summed E-state index contributed by atoms with van der Waals surface area (Å²) < 4.78 is -0.273. The summed E-state index contributed by atoms with van der Waals surface area (Å²) in [6.45, 7) is 6.45. The molecule has 0 bridgehead atoms. The van der Waals surface area contributed by atoms with Crippen molar-refractivity contribution in [3.05, 3.63) is 0 Å². The van der Waals surface area contributed by atoms with Crippen LogP contribution in [0.25, 0.3) is 0 Å². The van der Waals surface area contributed by atoms with E-state index in [0.717, 1.165) is 13.0 Å². The molecule has 0 atom stereocenters. The average Bonchev–Trinajstić information content (AvgIpc) is 2.44. The molecule has 0 unspecified atom stereocenters. The highest BCUT2D eigenvalue weighted by Crippen LogP contribution is 2.25. The van der Waals surface area contributed by atoms with Crippen molar-refractivity contribution in [3.8, 4) is 0 Å². The van der Waals surface area contributed by atoms with Crippen LogP contribution in [0.3, 0.4) is 0 Å². The molecule has 2 N–H and O–H groups in total. The summed E-state index contributed by atoms with van der Waals surface area (Å²) in [5.74, 6) is -0.833. The maximum absolute atomic E-state index is 11.0. The molecule has 0 aromatic rings. The van der Waals surface area contributed by atoms with Gasteiger partial charge in [0.15, 0.2) is 0 Å². The number of carbonyl (C=O) groups is 1. The third kappa shape index (κ3) is 12.3. The number of nitrogens with one attached hydrogen (secondary N) is 1. The highest BCUT2D eigenvalue weighted by molar-refractivity contribution is 8.24. The second kappa shape index (κ2) is 13.2. The lowest BCUT2D eigenvalue weighted by Crippen LogP contribution is -2.32. The van der Waals surface area contributed by atoms with E-state index >= 15 is 0 Å². The highest BCUT2D eigenvalue weighted by Gasteiger charge is 2.29. The maximum atomic E-state index is 11.0. The molecule has 5 heteroatoms. The molecule has 0 amide bonds. The number of thiocarbonyl (C=S) groups is 1. The molecule has 0 aromatic heterocycles. The van der Waals surface area contributed by atoms with E-state index in [4.69, 9.17) is 17.3 Å². The summed E-state index contributed by atoms with van der Waals surface area (Å²) in [4.78, 5) is 11.0. The minimum absolute atomic E-state index is 0.586. The number of hydrogen-bond donors (Lipinski definition) is 2. The van der Waals surface area contributed by atoms with Crippen LogP contribution in [0, 0.1) is 0 Å². The molecular weight excluding hydrogens is 314 g/mol.